The number of carbonyl (C=O) groups is 8. The Balaban J connectivity index is 0.000000144. The minimum absolute atomic E-state index is 0.0364. The number of halogens is 7. The lowest BCUT2D eigenvalue weighted by Gasteiger charge is -2.20. The van der Waals surface area contributed by atoms with Gasteiger partial charge in [-0.25, -0.2) is 4.39 Å². The van der Waals surface area contributed by atoms with Crippen LogP contribution < -0.4 is 71.0 Å². The highest BCUT2D eigenvalue weighted by atomic mass is 79.9. The first-order valence-corrected chi connectivity index (χ1v) is 41.8. The van der Waals surface area contributed by atoms with Gasteiger partial charge >= 0.3 is 0 Å². The van der Waals surface area contributed by atoms with Gasteiger partial charge in [-0.15, -0.1) is 0 Å². The minimum Gasteiger partial charge on any atom is -0.493 e. The Kier molecular flexibility index (Phi) is 29.0. The fraction of sp³-hybridized carbons (Fsp3) is 0.156. The van der Waals surface area contributed by atoms with E-state index < -0.39 is 29.4 Å². The number of hydrogen-bond donors (Lipinski definition) is 4. The maximum Gasteiger partial charge on any atom is 0.248 e. The lowest BCUT2D eigenvalue weighted by molar-refractivity contribution is -0.118. The van der Waals surface area contributed by atoms with E-state index in [1.165, 1.54) is 12.1 Å². The van der Waals surface area contributed by atoms with Crippen molar-refractivity contribution in [1.82, 2.24) is 0 Å². The summed E-state index contributed by atoms with van der Waals surface area (Å²) < 4.78 is 49.8. The summed E-state index contributed by atoms with van der Waals surface area (Å²) in [5, 5.41) is 11.9. The number of amides is 8. The molecular formula is C96H78BrCl5FN9O14. The fourth-order valence-electron chi connectivity index (χ4n) is 15.0. The van der Waals surface area contributed by atoms with Gasteiger partial charge in [0.15, 0.2) is 23.0 Å². The molecule has 12 aromatic carbocycles. The number of anilines is 4. The molecular weight excluding hydrogens is 1780 g/mol. The Labute approximate surface area is 757 Å². The molecule has 4 aliphatic heterocycles. The molecule has 12 aromatic rings. The summed E-state index contributed by atoms with van der Waals surface area (Å²) in [6, 6.07) is 72.0. The molecule has 30 heteroatoms. The predicted molar refractivity (Wildman–Crippen MR) is 486 cm³/mol. The Morgan fingerprint density at radius 3 is 1.03 bits per heavy atom. The zero-order valence-electron chi connectivity index (χ0n) is 67.5. The number of primary amides is 4. The standard InChI is InChI=1S/C25H23ClN2O4.C24H20BrClN2O4.C24H17ClFN3O3.C23H18Cl2N2O3/c1-15-6-9-21(31-2)23(10-15)32-22-13-18(26)7-8-20(22)17-12-24(29)28(14-17)19-5-3-4-16(11-19)25(27)30;1-31-20-8-5-16(25)11-22(20)32-21-12-17(26)6-7-19(21)15-10-23(29)28(13-15)18-4-2-3-14(9-18)24(27)30;25-17-5-7-20(22(10-17)32-21-11-18(26)6-4-15(21)12-27)16-9-23(30)29(13-16)19-3-1-2-14(8-19)24(28)31;24-16-4-2-6-19(11-16)30-21-12-17(25)7-8-20(21)15-10-22(28)27(13-15)18-5-1-3-14(9-18)23(26)29/h3-11,13,17H,12,14H2,1-2H3,(H2,27,30);2-9,11-12,15H,10,13H2,1H3,(H2,27,30);1-8,10-11,16H,9,13H2,(H2,28,31);1-9,11-12,15H,10,13H2,(H2,26,29)/t17-;15-;16-;15-/m0000/s1. The third kappa shape index (κ3) is 22.0. The van der Waals surface area contributed by atoms with Crippen molar-refractivity contribution in [3.8, 4) is 63.6 Å². The number of rotatable bonds is 22. The molecule has 0 saturated carbocycles. The van der Waals surface area contributed by atoms with Crippen molar-refractivity contribution in [3.05, 3.63) is 340 Å². The van der Waals surface area contributed by atoms with Crippen LogP contribution in [0.4, 0.5) is 27.1 Å². The van der Waals surface area contributed by atoms with Crippen LogP contribution in [0.3, 0.4) is 0 Å². The van der Waals surface area contributed by atoms with E-state index in [0.29, 0.717) is 173 Å². The molecule has 4 heterocycles. The lowest BCUT2D eigenvalue weighted by Crippen LogP contribution is -2.24. The average molecular weight is 1860 g/mol. The Morgan fingerprint density at radius 1 is 0.365 bits per heavy atom. The second kappa shape index (κ2) is 40.5. The molecule has 23 nitrogen and oxygen atoms in total. The number of nitrogens with two attached hydrogens (primary N) is 4. The average Bonchev–Trinajstić information content (AvgIpc) is 1.67. The van der Waals surface area contributed by atoms with E-state index in [2.05, 4.69) is 15.9 Å². The Bertz CT molecular complexity index is 6110. The topological polar surface area (TPSA) is 333 Å². The number of hydrogen-bond acceptors (Lipinski definition) is 15. The van der Waals surface area contributed by atoms with Crippen LogP contribution in [0.1, 0.15) is 124 Å². The largest absolute Gasteiger partial charge is 0.493 e. The van der Waals surface area contributed by atoms with Gasteiger partial charge in [0.05, 0.1) is 19.8 Å². The number of nitrogens with zero attached hydrogens (tertiary/aromatic N) is 5. The van der Waals surface area contributed by atoms with E-state index in [9.17, 15) is 48.0 Å². The van der Waals surface area contributed by atoms with E-state index in [4.69, 9.17) is 109 Å². The summed E-state index contributed by atoms with van der Waals surface area (Å²) in [5.74, 6) is 1.45. The molecule has 0 aromatic heterocycles. The number of carbonyl (C=O) groups excluding carboxylic acids is 8. The van der Waals surface area contributed by atoms with Crippen LogP contribution in [0.15, 0.2) is 253 Å². The second-order valence-corrected chi connectivity index (χ2v) is 32.7. The fourth-order valence-corrected chi connectivity index (χ4v) is 16.2. The van der Waals surface area contributed by atoms with Gasteiger partial charge in [-0.05, 0) is 194 Å². The van der Waals surface area contributed by atoms with Crippen molar-refractivity contribution in [3.63, 3.8) is 0 Å². The smallest absolute Gasteiger partial charge is 0.248 e. The van der Waals surface area contributed by atoms with Crippen molar-refractivity contribution in [2.75, 3.05) is 60.0 Å². The lowest BCUT2D eigenvalue weighted by atomic mass is 9.97. The van der Waals surface area contributed by atoms with Crippen LogP contribution in [-0.4, -0.2) is 87.7 Å². The summed E-state index contributed by atoms with van der Waals surface area (Å²) in [5.41, 5.74) is 29.9. The highest BCUT2D eigenvalue weighted by Crippen LogP contribution is 2.47. The minimum atomic E-state index is -0.577. The number of methoxy groups -OCH3 is 2. The zero-order chi connectivity index (χ0) is 89.7. The Morgan fingerprint density at radius 2 is 0.690 bits per heavy atom. The first-order chi connectivity index (χ1) is 60.5. The van der Waals surface area contributed by atoms with Gasteiger partial charge in [0, 0.05) is 178 Å². The summed E-state index contributed by atoms with van der Waals surface area (Å²) in [4.78, 5) is 104. The number of nitriles is 1. The molecule has 0 spiro atoms. The Hall–Kier alpha value is -13.5. The zero-order valence-corrected chi connectivity index (χ0v) is 72.9. The van der Waals surface area contributed by atoms with Gasteiger partial charge in [0.1, 0.15) is 46.4 Å². The molecule has 0 aliphatic carbocycles. The van der Waals surface area contributed by atoms with Crippen LogP contribution in [0, 0.1) is 24.1 Å². The van der Waals surface area contributed by atoms with Gasteiger partial charge < -0.3 is 71.0 Å². The molecule has 4 aliphatic rings. The summed E-state index contributed by atoms with van der Waals surface area (Å²) in [6.07, 6.45) is 1.12. The first-order valence-electron chi connectivity index (χ1n) is 39.1. The van der Waals surface area contributed by atoms with E-state index >= 15 is 0 Å². The van der Waals surface area contributed by atoms with Gasteiger partial charge in [0.25, 0.3) is 0 Å². The third-order valence-electron chi connectivity index (χ3n) is 21.1. The molecule has 4 saturated heterocycles. The van der Waals surface area contributed by atoms with Crippen molar-refractivity contribution >= 4 is 144 Å². The van der Waals surface area contributed by atoms with Crippen molar-refractivity contribution in [2.24, 2.45) is 22.9 Å². The van der Waals surface area contributed by atoms with Gasteiger partial charge in [-0.1, -0.05) is 135 Å². The van der Waals surface area contributed by atoms with E-state index in [0.717, 1.165) is 32.8 Å². The van der Waals surface area contributed by atoms with Crippen molar-refractivity contribution in [2.45, 2.75) is 56.3 Å². The normalized spacial score (nSPS) is 15.7. The molecule has 126 heavy (non-hydrogen) atoms. The molecule has 8 N–H and O–H groups in total. The van der Waals surface area contributed by atoms with Gasteiger partial charge in [-0.3, -0.25) is 38.4 Å². The van der Waals surface area contributed by atoms with Crippen LogP contribution >= 0.6 is 73.9 Å². The number of ether oxygens (including phenoxy) is 6. The van der Waals surface area contributed by atoms with Crippen LogP contribution in [-0.2, 0) is 19.2 Å². The maximum atomic E-state index is 13.7. The van der Waals surface area contributed by atoms with E-state index in [1.54, 1.807) is 216 Å². The van der Waals surface area contributed by atoms with Crippen LogP contribution in [0.5, 0.6) is 57.5 Å². The molecule has 0 unspecified atom stereocenters. The third-order valence-corrected chi connectivity index (χ3v) is 22.8. The molecule has 0 radical (unpaired) electrons. The quantitative estimate of drug-likeness (QED) is 0.0490. The van der Waals surface area contributed by atoms with Gasteiger partial charge in [0.2, 0.25) is 47.3 Å². The molecule has 4 atom stereocenters. The molecule has 8 amide bonds. The number of aryl methyl sites for hydroxylation is 1. The second-order valence-electron chi connectivity index (χ2n) is 29.6. The summed E-state index contributed by atoms with van der Waals surface area (Å²) in [6.45, 7) is 3.65. The molecule has 16 rings (SSSR count). The summed E-state index contributed by atoms with van der Waals surface area (Å²) in [7, 11) is 3.16. The highest BCUT2D eigenvalue weighted by molar-refractivity contribution is 9.10. The van der Waals surface area contributed by atoms with E-state index in [1.807, 2.05) is 61.5 Å². The SMILES string of the molecule is COc1ccc(Br)cc1Oc1cc(Cl)ccc1[C@H]1CC(=O)N(c2cccc(C(N)=O)c2)C1.COc1ccc(C)cc1Oc1cc(Cl)ccc1[C@H]1CC(=O)N(c2cccc(C(N)=O)c2)C1.N#Cc1ccc(F)cc1Oc1cc(Cl)ccc1[C@H]1CC(=O)N(c2cccc(C(N)=O)c2)C1.NC(=O)c1cccc(N2C[C@@H](c3ccc(Cl)cc3Oc3cccc(Cl)c3)CC2=O)c1. The molecule has 4 fully saturated rings. The van der Waals surface area contributed by atoms with Gasteiger partial charge in [-0.2, -0.15) is 5.26 Å². The molecule has 0 bridgehead atoms. The summed E-state index contributed by atoms with van der Waals surface area (Å²) >= 11 is 34.4. The first kappa shape index (κ1) is 90.3. The van der Waals surface area contributed by atoms with Crippen LogP contribution in [0.25, 0.3) is 0 Å². The van der Waals surface area contributed by atoms with E-state index in [-0.39, 0.29) is 65.0 Å². The maximum absolute atomic E-state index is 13.7. The predicted octanol–water partition coefficient (Wildman–Crippen LogP) is 20.8. The monoisotopic (exact) mass is 1850 g/mol. The number of benzene rings is 12. The van der Waals surface area contributed by atoms with Crippen molar-refractivity contribution in [1.29, 1.82) is 5.26 Å². The highest BCUT2D eigenvalue weighted by Gasteiger charge is 2.39. The molecule has 640 valence electrons. The van der Waals surface area contributed by atoms with Crippen LogP contribution in [0.2, 0.25) is 25.1 Å². The van der Waals surface area contributed by atoms with Crippen molar-refractivity contribution < 1.29 is 71.2 Å².